The summed E-state index contributed by atoms with van der Waals surface area (Å²) in [6, 6.07) is 0. The molecule has 5 atom stereocenters. The zero-order valence-electron chi connectivity index (χ0n) is 15.6. The molecule has 3 rings (SSSR count). The Morgan fingerprint density at radius 2 is 2.00 bits per heavy atom. The molecule has 2 aromatic heterocycles. The number of phosphoric acid groups is 2. The Morgan fingerprint density at radius 1 is 1.29 bits per heavy atom. The molecule has 0 bridgehead atoms. The summed E-state index contributed by atoms with van der Waals surface area (Å²) in [6.45, 7) is -0.691. The van der Waals surface area contributed by atoms with E-state index < -0.39 is 48.9 Å². The van der Waals surface area contributed by atoms with Gasteiger partial charge in [0.15, 0.2) is 11.5 Å². The molecule has 31 heavy (non-hydrogen) atoms. The number of anilines is 1. The fraction of sp³-hybridized carbons (Fsp3) is 0.545. The summed E-state index contributed by atoms with van der Waals surface area (Å²) in [5.74, 6) is 0.144. The molecule has 3 heterocycles. The van der Waals surface area contributed by atoms with Gasteiger partial charge >= 0.3 is 23.8 Å². The number of imidazole rings is 1. The molecule has 0 aliphatic carbocycles. The third kappa shape index (κ3) is 6.00. The van der Waals surface area contributed by atoms with Crippen LogP contribution in [0.4, 0.5) is 5.82 Å². The Balaban J connectivity index is 1.62. The quantitative estimate of drug-likeness (QED) is 0.237. The molecule has 7 N–H and O–H groups in total. The lowest BCUT2D eigenvalue weighted by molar-refractivity contribution is -0.0449. The van der Waals surface area contributed by atoms with Gasteiger partial charge in [0.2, 0.25) is 0 Å². The van der Waals surface area contributed by atoms with Crippen LogP contribution in [-0.2, 0) is 31.5 Å². The molecule has 0 saturated carbocycles. The second kappa shape index (κ2) is 9.00. The molecule has 20 heteroatoms. The molecule has 0 amide bonds. The molecule has 1 fully saturated rings. The molecule has 5 unspecified atom stereocenters. The Bertz CT molecular complexity index is 1030. The first kappa shape index (κ1) is 24.5. The molecule has 174 valence electrons. The number of aliphatic hydroxyl groups is 1. The number of nitrogens with zero attached hydrogens (tertiary/aromatic N) is 4. The lowest BCUT2D eigenvalue weighted by Gasteiger charge is -2.17. The van der Waals surface area contributed by atoms with Gasteiger partial charge in [0.05, 0.1) is 12.4 Å². The molecule has 1 aliphatic rings. The average Bonchev–Trinajstić information content (AvgIpc) is 3.22. The smallest absolute Gasteiger partial charge is 0.390 e. The Morgan fingerprint density at radius 3 is 2.68 bits per heavy atom. The topological polar surface area (TPSA) is 251 Å². The highest BCUT2D eigenvalue weighted by Crippen LogP contribution is 2.70. The largest absolute Gasteiger partial charge is 0.580 e. The highest BCUT2D eigenvalue weighted by atomic mass is 31.3. The summed E-state index contributed by atoms with van der Waals surface area (Å²) in [7, 11) is -14.8. The van der Waals surface area contributed by atoms with Crippen LogP contribution in [0.25, 0.3) is 11.2 Å². The molecule has 0 aromatic carbocycles. The predicted molar refractivity (Wildman–Crippen MR) is 100 cm³/mol. The van der Waals surface area contributed by atoms with Gasteiger partial charge in [0.25, 0.3) is 0 Å². The van der Waals surface area contributed by atoms with Crippen molar-refractivity contribution in [1.82, 2.24) is 19.5 Å². The van der Waals surface area contributed by atoms with Crippen LogP contribution in [0.1, 0.15) is 12.6 Å². The maximum absolute atomic E-state index is 11.6. The van der Waals surface area contributed by atoms with Crippen molar-refractivity contribution in [3.63, 3.8) is 0 Å². The first-order chi connectivity index (χ1) is 14.3. The number of aliphatic hydroxyl groups excluding tert-OH is 1. The third-order valence-corrected chi connectivity index (χ3v) is 8.23. The second-order valence-corrected chi connectivity index (χ2v) is 10.9. The van der Waals surface area contributed by atoms with E-state index in [-0.39, 0.29) is 12.2 Å². The highest BCUT2D eigenvalue weighted by molar-refractivity contribution is 7.69. The van der Waals surface area contributed by atoms with Crippen LogP contribution in [0.5, 0.6) is 0 Å². The number of fused-ring (bicyclic) bond motifs is 1. The zero-order valence-corrected chi connectivity index (χ0v) is 18.3. The molecular weight excluding hydrogens is 487 g/mol. The van der Waals surface area contributed by atoms with Gasteiger partial charge in [-0.1, -0.05) is 0 Å². The maximum atomic E-state index is 11.6. The molecule has 0 radical (unpaired) electrons. The lowest BCUT2D eigenvalue weighted by atomic mass is 10.2. The minimum atomic E-state index is -5.47. The van der Waals surface area contributed by atoms with E-state index in [2.05, 4.69) is 32.6 Å². The number of nitrogen functional groups attached to an aromatic ring is 1. The van der Waals surface area contributed by atoms with E-state index in [1.165, 1.54) is 17.2 Å². The summed E-state index contributed by atoms with van der Waals surface area (Å²) in [6.07, 6.45) is -0.411. The minimum Gasteiger partial charge on any atom is -0.390 e. The van der Waals surface area contributed by atoms with Crippen LogP contribution in [-0.4, -0.2) is 70.1 Å². The van der Waals surface area contributed by atoms with Crippen molar-refractivity contribution in [2.24, 2.45) is 0 Å². The maximum Gasteiger partial charge on any atom is 0.580 e. The van der Waals surface area contributed by atoms with Crippen molar-refractivity contribution in [3.8, 4) is 0 Å². The summed E-state index contributed by atoms with van der Waals surface area (Å²) in [5, 5.41) is 10.2. The van der Waals surface area contributed by atoms with Crippen LogP contribution in [0, 0.1) is 0 Å². The molecule has 0 spiro atoms. The second-order valence-electron chi connectivity index (χ2n) is 6.08. The van der Waals surface area contributed by atoms with E-state index in [9.17, 15) is 28.9 Å². The van der Waals surface area contributed by atoms with Crippen LogP contribution in [0.3, 0.4) is 0 Å². The van der Waals surface area contributed by atoms with Gasteiger partial charge in [-0.3, -0.25) is 14.0 Å². The predicted octanol–water partition coefficient (Wildman–Crippen LogP) is -0.384. The number of ether oxygens (including phenoxy) is 1. The van der Waals surface area contributed by atoms with Crippen molar-refractivity contribution in [2.75, 3.05) is 19.5 Å². The third-order valence-electron chi connectivity index (χ3n) is 3.96. The van der Waals surface area contributed by atoms with Gasteiger partial charge in [-0.2, -0.15) is 18.6 Å². The van der Waals surface area contributed by atoms with Gasteiger partial charge in [0.1, 0.15) is 30.8 Å². The van der Waals surface area contributed by atoms with Crippen LogP contribution >= 0.6 is 23.8 Å². The van der Waals surface area contributed by atoms with E-state index in [0.29, 0.717) is 18.3 Å². The molecule has 1 saturated heterocycles. The monoisotopic (exact) mass is 506 g/mol. The number of rotatable bonds is 9. The Hall–Kier alpha value is -1.16. The van der Waals surface area contributed by atoms with Crippen molar-refractivity contribution < 1.29 is 56.2 Å². The first-order valence-electron chi connectivity index (χ1n) is 8.22. The Labute approximate surface area is 174 Å². The van der Waals surface area contributed by atoms with Crippen LogP contribution in [0.15, 0.2) is 12.7 Å². The normalized spacial score (nSPS) is 26.1. The van der Waals surface area contributed by atoms with Crippen molar-refractivity contribution in [1.29, 1.82) is 0 Å². The van der Waals surface area contributed by atoms with Gasteiger partial charge in [0, 0.05) is 13.5 Å². The van der Waals surface area contributed by atoms with Crippen molar-refractivity contribution >= 4 is 40.8 Å². The van der Waals surface area contributed by atoms with Gasteiger partial charge in [-0.15, -0.1) is 0 Å². The average molecular weight is 506 g/mol. The summed E-state index contributed by atoms with van der Waals surface area (Å²) in [4.78, 5) is 49.7. The van der Waals surface area contributed by atoms with E-state index in [0.717, 1.165) is 0 Å². The standard InChI is InChI=1S/C11H18N5O12P3/c1-24-29(18,19)27-31(22,23)28-30(20,21)25-3-7-6(17)2-8(26-7)16-5-15-9-10(12)13-4-14-11(9)16/h4-8,17,20-21H,2-3H2,1H3,(H3-,12,13,14,18,19,22,23)/p+1. The van der Waals surface area contributed by atoms with Crippen LogP contribution < -0.4 is 5.73 Å². The Kier molecular flexibility index (Phi) is 7.11. The SMILES string of the molecule is COP(=O)(O)OP(=O)(O)O[P+](O)(O)OCC1OC(n2cnc3c(N)ncnc32)CC1O. The highest BCUT2D eigenvalue weighted by Gasteiger charge is 2.53. The fourth-order valence-corrected chi connectivity index (χ4v) is 5.93. The van der Waals surface area contributed by atoms with E-state index in [1.807, 2.05) is 0 Å². The first-order valence-corrected chi connectivity index (χ1v) is 12.7. The molecule has 1 aliphatic heterocycles. The fourth-order valence-electron chi connectivity index (χ4n) is 2.62. The summed E-state index contributed by atoms with van der Waals surface area (Å²) in [5.41, 5.74) is 6.38. The summed E-state index contributed by atoms with van der Waals surface area (Å²) >= 11 is 0. The number of hydrogen-bond acceptors (Lipinski definition) is 14. The number of nitrogens with two attached hydrogens (primary N) is 1. The van der Waals surface area contributed by atoms with E-state index in [4.69, 9.17) is 15.4 Å². The number of aromatic nitrogens is 4. The van der Waals surface area contributed by atoms with Crippen molar-refractivity contribution in [3.05, 3.63) is 12.7 Å². The zero-order chi connectivity index (χ0) is 23.0. The van der Waals surface area contributed by atoms with Gasteiger partial charge in [-0.25, -0.2) is 24.1 Å². The minimum absolute atomic E-state index is 0.0374. The van der Waals surface area contributed by atoms with Gasteiger partial charge < -0.3 is 20.5 Å². The number of hydrogen-bond donors (Lipinski definition) is 6. The van der Waals surface area contributed by atoms with Gasteiger partial charge in [-0.05, 0) is 4.31 Å². The molecular formula is C11H19N5O12P3+. The summed E-state index contributed by atoms with van der Waals surface area (Å²) < 4.78 is 46.3. The molecule has 2 aromatic rings. The number of phosphoric ester groups is 1. The molecule has 17 nitrogen and oxygen atoms in total. The lowest BCUT2D eigenvalue weighted by Crippen LogP contribution is -2.26. The van der Waals surface area contributed by atoms with Crippen molar-refractivity contribution in [2.45, 2.75) is 24.9 Å². The van der Waals surface area contributed by atoms with E-state index >= 15 is 0 Å². The van der Waals surface area contributed by atoms with E-state index in [1.54, 1.807) is 0 Å². The van der Waals surface area contributed by atoms with Crippen LogP contribution in [0.2, 0.25) is 0 Å².